The number of hydrogen-bond donors (Lipinski definition) is 2. The van der Waals surface area contributed by atoms with E-state index in [4.69, 9.17) is 16.3 Å². The van der Waals surface area contributed by atoms with E-state index < -0.39 is 0 Å². The average Bonchev–Trinajstić information content (AvgIpc) is 3.16. The number of aromatic nitrogens is 2. The summed E-state index contributed by atoms with van der Waals surface area (Å²) < 4.78 is 5.53. The standard InChI is InChI=1S/C20H26ClN5O2/c1-13-7-18-16(8-17(13)21)20(24-12-23-18)22-9-19(27)26-5-4-14(10-26)25-15-3-2-6-28-11-15/h7-8,12,14-15,25H,2-6,9-11H2,1H3,(H,22,23,24)/t14-,15?/m1/s1. The fourth-order valence-corrected chi connectivity index (χ4v) is 4.09. The average molecular weight is 404 g/mol. The van der Waals surface area contributed by atoms with Crippen LogP contribution in [0.3, 0.4) is 0 Å². The van der Waals surface area contributed by atoms with Crippen LogP contribution in [0.5, 0.6) is 0 Å². The summed E-state index contributed by atoms with van der Waals surface area (Å²) in [4.78, 5) is 23.1. The monoisotopic (exact) mass is 403 g/mol. The summed E-state index contributed by atoms with van der Waals surface area (Å²) in [6.45, 7) is 5.30. The number of nitrogens with one attached hydrogen (secondary N) is 2. The molecule has 1 aromatic heterocycles. The first-order chi connectivity index (χ1) is 13.6. The molecular formula is C20H26ClN5O2. The molecular weight excluding hydrogens is 378 g/mol. The van der Waals surface area contributed by atoms with Crippen LogP contribution in [0.1, 0.15) is 24.8 Å². The minimum absolute atomic E-state index is 0.0779. The molecule has 2 fully saturated rings. The first-order valence-corrected chi connectivity index (χ1v) is 10.2. The van der Waals surface area contributed by atoms with Crippen molar-refractivity contribution in [2.45, 2.75) is 38.3 Å². The lowest BCUT2D eigenvalue weighted by atomic mass is 10.1. The first-order valence-electron chi connectivity index (χ1n) is 9.86. The molecule has 4 rings (SSSR count). The molecule has 3 heterocycles. The number of nitrogens with zero attached hydrogens (tertiary/aromatic N) is 3. The van der Waals surface area contributed by atoms with Crippen molar-refractivity contribution in [1.29, 1.82) is 0 Å². The molecule has 0 bridgehead atoms. The number of fused-ring (bicyclic) bond motifs is 1. The Morgan fingerprint density at radius 2 is 2.21 bits per heavy atom. The van der Waals surface area contributed by atoms with Gasteiger partial charge in [0.25, 0.3) is 0 Å². The van der Waals surface area contributed by atoms with Gasteiger partial charge in [0.05, 0.1) is 18.7 Å². The zero-order valence-corrected chi connectivity index (χ0v) is 16.8. The van der Waals surface area contributed by atoms with Gasteiger partial charge in [0, 0.05) is 42.2 Å². The van der Waals surface area contributed by atoms with Crippen molar-refractivity contribution in [3.63, 3.8) is 0 Å². The number of rotatable bonds is 5. The Kier molecular flexibility index (Phi) is 5.94. The van der Waals surface area contributed by atoms with Crippen LogP contribution >= 0.6 is 11.6 Å². The van der Waals surface area contributed by atoms with Gasteiger partial charge in [-0.25, -0.2) is 9.97 Å². The smallest absolute Gasteiger partial charge is 0.241 e. The van der Waals surface area contributed by atoms with Crippen molar-refractivity contribution in [3.05, 3.63) is 29.0 Å². The number of carbonyl (C=O) groups is 1. The minimum Gasteiger partial charge on any atom is -0.380 e. The first kappa shape index (κ1) is 19.4. The van der Waals surface area contributed by atoms with Crippen molar-refractivity contribution < 1.29 is 9.53 Å². The second kappa shape index (κ2) is 8.59. The summed E-state index contributed by atoms with van der Waals surface area (Å²) in [7, 11) is 0. The fraction of sp³-hybridized carbons (Fsp3) is 0.550. The third kappa shape index (κ3) is 4.37. The lowest BCUT2D eigenvalue weighted by molar-refractivity contribution is -0.128. The van der Waals surface area contributed by atoms with Crippen molar-refractivity contribution in [2.75, 3.05) is 38.2 Å². The number of benzene rings is 1. The number of ether oxygens (including phenoxy) is 1. The van der Waals surface area contributed by atoms with E-state index in [2.05, 4.69) is 20.6 Å². The number of anilines is 1. The van der Waals surface area contributed by atoms with Gasteiger partial charge in [-0.05, 0) is 43.9 Å². The molecule has 2 N–H and O–H groups in total. The maximum Gasteiger partial charge on any atom is 0.241 e. The second-order valence-corrected chi connectivity index (χ2v) is 8.01. The largest absolute Gasteiger partial charge is 0.380 e. The summed E-state index contributed by atoms with van der Waals surface area (Å²) in [6, 6.07) is 4.53. The highest BCUT2D eigenvalue weighted by molar-refractivity contribution is 6.32. The maximum atomic E-state index is 12.7. The van der Waals surface area contributed by atoms with E-state index in [0.717, 1.165) is 62.0 Å². The van der Waals surface area contributed by atoms with Gasteiger partial charge in [0.15, 0.2) is 0 Å². The van der Waals surface area contributed by atoms with E-state index in [1.54, 1.807) is 0 Å². The van der Waals surface area contributed by atoms with E-state index in [-0.39, 0.29) is 12.5 Å². The number of aryl methyl sites for hydroxylation is 1. The molecule has 2 aliphatic rings. The SMILES string of the molecule is Cc1cc2ncnc(NCC(=O)N3CC[C@@H](NC4CCCOC4)C3)c2cc1Cl. The van der Waals surface area contributed by atoms with Gasteiger partial charge < -0.3 is 20.3 Å². The van der Waals surface area contributed by atoms with Gasteiger partial charge in [0.2, 0.25) is 5.91 Å². The molecule has 0 saturated carbocycles. The van der Waals surface area contributed by atoms with Crippen LogP contribution in [-0.4, -0.2) is 65.7 Å². The van der Waals surface area contributed by atoms with Crippen molar-refractivity contribution in [1.82, 2.24) is 20.2 Å². The van der Waals surface area contributed by atoms with Crippen LogP contribution in [0.25, 0.3) is 10.9 Å². The highest BCUT2D eigenvalue weighted by Crippen LogP contribution is 2.26. The summed E-state index contributed by atoms with van der Waals surface area (Å²) in [5, 5.41) is 8.29. The van der Waals surface area contributed by atoms with Crippen LogP contribution in [0.4, 0.5) is 5.82 Å². The van der Waals surface area contributed by atoms with Gasteiger partial charge in [-0.2, -0.15) is 0 Å². The molecule has 0 spiro atoms. The number of halogens is 1. The molecule has 2 saturated heterocycles. The molecule has 0 radical (unpaired) electrons. The normalized spacial score (nSPS) is 22.6. The van der Waals surface area contributed by atoms with Gasteiger partial charge in [-0.15, -0.1) is 0 Å². The van der Waals surface area contributed by atoms with Crippen LogP contribution < -0.4 is 10.6 Å². The lowest BCUT2D eigenvalue weighted by Crippen LogP contribution is -2.45. The number of carbonyl (C=O) groups excluding carboxylic acids is 1. The van der Waals surface area contributed by atoms with E-state index in [1.807, 2.05) is 24.0 Å². The molecule has 2 atom stereocenters. The van der Waals surface area contributed by atoms with Gasteiger partial charge >= 0.3 is 0 Å². The van der Waals surface area contributed by atoms with E-state index >= 15 is 0 Å². The Bertz CT molecular complexity index is 856. The van der Waals surface area contributed by atoms with E-state index in [9.17, 15) is 4.79 Å². The highest BCUT2D eigenvalue weighted by Gasteiger charge is 2.28. The van der Waals surface area contributed by atoms with Crippen LogP contribution in [0.15, 0.2) is 18.5 Å². The zero-order valence-electron chi connectivity index (χ0n) is 16.1. The van der Waals surface area contributed by atoms with Gasteiger partial charge in [-0.1, -0.05) is 11.6 Å². The Balaban J connectivity index is 1.33. The van der Waals surface area contributed by atoms with Crippen LogP contribution in [0, 0.1) is 6.92 Å². The van der Waals surface area contributed by atoms with E-state index in [1.165, 1.54) is 6.33 Å². The lowest BCUT2D eigenvalue weighted by Gasteiger charge is -2.26. The highest BCUT2D eigenvalue weighted by atomic mass is 35.5. The molecule has 2 aliphatic heterocycles. The molecule has 7 nitrogen and oxygen atoms in total. The molecule has 2 aromatic rings. The minimum atomic E-state index is 0.0779. The number of amides is 1. The molecule has 8 heteroatoms. The zero-order chi connectivity index (χ0) is 19.5. The third-order valence-corrected chi connectivity index (χ3v) is 5.90. The molecule has 28 heavy (non-hydrogen) atoms. The summed E-state index contributed by atoms with van der Waals surface area (Å²) in [6.07, 6.45) is 4.74. The molecule has 0 aliphatic carbocycles. The molecule has 1 unspecified atom stereocenters. The van der Waals surface area contributed by atoms with Crippen molar-refractivity contribution in [2.24, 2.45) is 0 Å². The second-order valence-electron chi connectivity index (χ2n) is 7.60. The van der Waals surface area contributed by atoms with Gasteiger partial charge in [0.1, 0.15) is 12.1 Å². The van der Waals surface area contributed by atoms with Crippen LogP contribution in [-0.2, 0) is 9.53 Å². The van der Waals surface area contributed by atoms with Crippen LogP contribution in [0.2, 0.25) is 5.02 Å². The predicted molar refractivity (Wildman–Crippen MR) is 110 cm³/mol. The number of hydrogen-bond acceptors (Lipinski definition) is 6. The summed E-state index contributed by atoms with van der Waals surface area (Å²) >= 11 is 6.25. The number of likely N-dealkylation sites (tertiary alicyclic amines) is 1. The summed E-state index contributed by atoms with van der Waals surface area (Å²) in [5.74, 6) is 0.711. The maximum absolute atomic E-state index is 12.7. The Labute approximate surface area is 169 Å². The third-order valence-electron chi connectivity index (χ3n) is 5.50. The Hall–Kier alpha value is -1.96. The fourth-order valence-electron chi connectivity index (χ4n) is 3.92. The molecule has 150 valence electrons. The quantitative estimate of drug-likeness (QED) is 0.797. The van der Waals surface area contributed by atoms with E-state index in [0.29, 0.717) is 22.9 Å². The summed E-state index contributed by atoms with van der Waals surface area (Å²) in [5.41, 5.74) is 1.78. The topological polar surface area (TPSA) is 79.4 Å². The predicted octanol–water partition coefficient (Wildman–Crippen LogP) is 2.37. The van der Waals surface area contributed by atoms with Gasteiger partial charge in [-0.3, -0.25) is 4.79 Å². The van der Waals surface area contributed by atoms with Crippen molar-refractivity contribution >= 4 is 34.2 Å². The van der Waals surface area contributed by atoms with Crippen molar-refractivity contribution in [3.8, 4) is 0 Å². The Morgan fingerprint density at radius 3 is 3.04 bits per heavy atom. The Morgan fingerprint density at radius 1 is 1.32 bits per heavy atom. The molecule has 1 amide bonds. The molecule has 1 aromatic carbocycles.